The second-order valence-electron chi connectivity index (χ2n) is 5.69. The van der Waals surface area contributed by atoms with Gasteiger partial charge in [-0.3, -0.25) is 14.9 Å². The lowest BCUT2D eigenvalue weighted by atomic mass is 10.0. The fraction of sp³-hybridized carbons (Fsp3) is 0.235. The Kier molecular flexibility index (Phi) is 4.71. The van der Waals surface area contributed by atoms with Crippen LogP contribution in [0.1, 0.15) is 16.1 Å². The number of rotatable bonds is 4. The molecule has 3 rings (SSSR count). The molecule has 3 aromatic rings. The summed E-state index contributed by atoms with van der Waals surface area (Å²) in [7, 11) is 0. The summed E-state index contributed by atoms with van der Waals surface area (Å²) in [5, 5.41) is 15.8. The van der Waals surface area contributed by atoms with Crippen molar-refractivity contribution in [1.82, 2.24) is 20.0 Å². The molecule has 2 aromatic heterocycles. The molecule has 0 aliphatic carbocycles. The summed E-state index contributed by atoms with van der Waals surface area (Å²) in [6.07, 6.45) is 0. The van der Waals surface area contributed by atoms with Crippen LogP contribution in [0.2, 0.25) is 0 Å². The fourth-order valence-electron chi connectivity index (χ4n) is 2.26. The number of hydrogen-bond acceptors (Lipinski definition) is 6. The maximum Gasteiger partial charge on any atom is 0.267 e. The minimum absolute atomic E-state index is 0.184. The van der Waals surface area contributed by atoms with Crippen LogP contribution >= 0.6 is 11.3 Å². The highest BCUT2D eigenvalue weighted by Gasteiger charge is 2.10. The van der Waals surface area contributed by atoms with Gasteiger partial charge in [-0.1, -0.05) is 23.5 Å². The maximum atomic E-state index is 12.1. The Labute approximate surface area is 148 Å². The average molecular weight is 355 g/mol. The van der Waals surface area contributed by atoms with E-state index in [-0.39, 0.29) is 18.0 Å². The quantitative estimate of drug-likeness (QED) is 0.776. The summed E-state index contributed by atoms with van der Waals surface area (Å²) >= 11 is 1.27. The number of benzene rings is 1. The van der Waals surface area contributed by atoms with Gasteiger partial charge in [0.1, 0.15) is 11.6 Å². The molecule has 0 atom stereocenters. The van der Waals surface area contributed by atoms with Crippen LogP contribution in [-0.4, -0.2) is 25.9 Å². The molecule has 0 aliphatic rings. The Morgan fingerprint density at radius 3 is 2.60 bits per heavy atom. The van der Waals surface area contributed by atoms with Gasteiger partial charge in [0, 0.05) is 11.6 Å². The third-order valence-electron chi connectivity index (χ3n) is 3.74. The van der Waals surface area contributed by atoms with Crippen molar-refractivity contribution in [3.8, 4) is 11.3 Å². The minimum Gasteiger partial charge on any atom is -0.299 e. The SMILES string of the molecule is Cc1nnc(NC(=O)Cn2nc(-c3ccc(C)c(C)c3)ccc2=O)s1. The first kappa shape index (κ1) is 17.0. The summed E-state index contributed by atoms with van der Waals surface area (Å²) in [6, 6.07) is 9.04. The van der Waals surface area contributed by atoms with Crippen LogP contribution in [0.5, 0.6) is 0 Å². The lowest BCUT2D eigenvalue weighted by molar-refractivity contribution is -0.117. The van der Waals surface area contributed by atoms with Crippen molar-refractivity contribution in [2.75, 3.05) is 5.32 Å². The lowest BCUT2D eigenvalue weighted by Crippen LogP contribution is -2.29. The molecule has 25 heavy (non-hydrogen) atoms. The zero-order chi connectivity index (χ0) is 18.0. The van der Waals surface area contributed by atoms with Crippen LogP contribution in [0.3, 0.4) is 0 Å². The van der Waals surface area contributed by atoms with Crippen molar-refractivity contribution in [2.45, 2.75) is 27.3 Å². The molecule has 1 aromatic carbocycles. The Balaban J connectivity index is 1.82. The van der Waals surface area contributed by atoms with Crippen molar-refractivity contribution in [3.05, 3.63) is 56.8 Å². The summed E-state index contributed by atoms with van der Waals surface area (Å²) in [4.78, 5) is 24.1. The topological polar surface area (TPSA) is 89.8 Å². The van der Waals surface area contributed by atoms with Gasteiger partial charge in [-0.15, -0.1) is 10.2 Å². The third-order valence-corrected chi connectivity index (χ3v) is 4.49. The molecule has 1 amide bonds. The monoisotopic (exact) mass is 355 g/mol. The van der Waals surface area contributed by atoms with E-state index in [1.807, 2.05) is 32.0 Å². The zero-order valence-corrected chi connectivity index (χ0v) is 14.9. The van der Waals surface area contributed by atoms with Gasteiger partial charge in [0.05, 0.1) is 5.69 Å². The summed E-state index contributed by atoms with van der Waals surface area (Å²) < 4.78 is 1.15. The molecule has 0 bridgehead atoms. The normalized spacial score (nSPS) is 10.7. The lowest BCUT2D eigenvalue weighted by Gasteiger charge is -2.08. The summed E-state index contributed by atoms with van der Waals surface area (Å²) in [6.45, 7) is 5.67. The zero-order valence-electron chi connectivity index (χ0n) is 14.1. The van der Waals surface area contributed by atoms with Crippen molar-refractivity contribution in [3.63, 3.8) is 0 Å². The van der Waals surface area contributed by atoms with Crippen LogP contribution in [0.25, 0.3) is 11.3 Å². The van der Waals surface area contributed by atoms with Gasteiger partial charge in [0.25, 0.3) is 5.56 Å². The van der Waals surface area contributed by atoms with Crippen molar-refractivity contribution >= 4 is 22.4 Å². The summed E-state index contributed by atoms with van der Waals surface area (Å²) in [5.41, 5.74) is 3.53. The Morgan fingerprint density at radius 2 is 1.92 bits per heavy atom. The van der Waals surface area contributed by atoms with Gasteiger partial charge >= 0.3 is 0 Å². The van der Waals surface area contributed by atoms with E-state index >= 15 is 0 Å². The number of hydrogen-bond donors (Lipinski definition) is 1. The maximum absolute atomic E-state index is 12.1. The molecule has 128 valence electrons. The second kappa shape index (κ2) is 6.94. The van der Waals surface area contributed by atoms with Crippen LogP contribution in [0.4, 0.5) is 5.13 Å². The number of carbonyl (C=O) groups is 1. The first-order chi connectivity index (χ1) is 11.9. The van der Waals surface area contributed by atoms with Crippen LogP contribution in [-0.2, 0) is 11.3 Å². The molecule has 2 heterocycles. The van der Waals surface area contributed by atoms with Gasteiger partial charge in [0.2, 0.25) is 11.0 Å². The van der Waals surface area contributed by atoms with Crippen LogP contribution in [0, 0.1) is 20.8 Å². The number of aromatic nitrogens is 4. The molecule has 0 saturated heterocycles. The number of carbonyl (C=O) groups excluding carboxylic acids is 1. The van der Waals surface area contributed by atoms with Crippen LogP contribution < -0.4 is 10.9 Å². The molecule has 7 nitrogen and oxygen atoms in total. The van der Waals surface area contributed by atoms with Gasteiger partial charge in [-0.05, 0) is 44.0 Å². The molecule has 8 heteroatoms. The Morgan fingerprint density at radius 1 is 1.12 bits per heavy atom. The van der Waals surface area contributed by atoms with Gasteiger partial charge in [-0.25, -0.2) is 4.68 Å². The predicted octanol–water partition coefficient (Wildman–Crippen LogP) is 2.33. The van der Waals surface area contributed by atoms with E-state index in [9.17, 15) is 9.59 Å². The number of nitrogens with one attached hydrogen (secondary N) is 1. The van der Waals surface area contributed by atoms with E-state index in [4.69, 9.17) is 0 Å². The largest absolute Gasteiger partial charge is 0.299 e. The van der Waals surface area contributed by atoms with E-state index in [1.165, 1.54) is 23.0 Å². The fourth-order valence-corrected chi connectivity index (χ4v) is 2.87. The molecule has 0 aliphatic heterocycles. The van der Waals surface area contributed by atoms with Gasteiger partial charge < -0.3 is 0 Å². The average Bonchev–Trinajstić information content (AvgIpc) is 2.97. The molecule has 0 radical (unpaired) electrons. The van der Waals surface area contributed by atoms with Gasteiger partial charge in [-0.2, -0.15) is 5.10 Å². The molecule has 0 spiro atoms. The van der Waals surface area contributed by atoms with E-state index in [2.05, 4.69) is 20.6 Å². The highest BCUT2D eigenvalue weighted by Crippen LogP contribution is 2.19. The van der Waals surface area contributed by atoms with Gasteiger partial charge in [0.15, 0.2) is 0 Å². The van der Waals surface area contributed by atoms with E-state index < -0.39 is 0 Å². The molecule has 0 saturated carbocycles. The third kappa shape index (κ3) is 3.97. The van der Waals surface area contributed by atoms with Crippen molar-refractivity contribution < 1.29 is 4.79 Å². The number of nitrogens with zero attached hydrogens (tertiary/aromatic N) is 4. The second-order valence-corrected chi connectivity index (χ2v) is 6.87. The first-order valence-electron chi connectivity index (χ1n) is 7.68. The number of amides is 1. The highest BCUT2D eigenvalue weighted by molar-refractivity contribution is 7.15. The number of anilines is 1. The molecule has 1 N–H and O–H groups in total. The van der Waals surface area contributed by atoms with Crippen molar-refractivity contribution in [2.24, 2.45) is 0 Å². The minimum atomic E-state index is -0.372. The molecule has 0 unspecified atom stereocenters. The predicted molar refractivity (Wildman–Crippen MR) is 96.7 cm³/mol. The molecular formula is C17H17N5O2S. The smallest absolute Gasteiger partial charge is 0.267 e. The van der Waals surface area contributed by atoms with Crippen LogP contribution in [0.15, 0.2) is 35.1 Å². The van der Waals surface area contributed by atoms with E-state index in [1.54, 1.807) is 13.0 Å². The standard InChI is InChI=1S/C17H17N5O2S/c1-10-4-5-13(8-11(10)2)14-6-7-16(24)22(21-14)9-15(23)18-17-20-19-12(3)25-17/h4-8H,9H2,1-3H3,(H,18,20,23). The number of aryl methyl sites for hydroxylation is 3. The van der Waals surface area contributed by atoms with E-state index in [0.29, 0.717) is 10.8 Å². The Bertz CT molecular complexity index is 993. The summed E-state index contributed by atoms with van der Waals surface area (Å²) in [5.74, 6) is -0.372. The first-order valence-corrected chi connectivity index (χ1v) is 8.50. The highest BCUT2D eigenvalue weighted by atomic mass is 32.1. The molecule has 0 fully saturated rings. The Hall–Kier alpha value is -2.87. The van der Waals surface area contributed by atoms with E-state index in [0.717, 1.165) is 20.8 Å². The molecular weight excluding hydrogens is 338 g/mol. The van der Waals surface area contributed by atoms with Crippen molar-refractivity contribution in [1.29, 1.82) is 0 Å².